The SMILES string of the molecule is CC(C)(C)NSc1ccc(C=O)c(N2CCC3(CC2)CC3)c1.COC. The second-order valence-electron chi connectivity index (χ2n) is 8.19. The van der Waals surface area contributed by atoms with Crippen LogP contribution in [0.4, 0.5) is 5.69 Å². The van der Waals surface area contributed by atoms with Gasteiger partial charge in [-0.3, -0.25) is 9.52 Å². The number of piperidine rings is 1. The van der Waals surface area contributed by atoms with Crippen LogP contribution >= 0.6 is 11.9 Å². The maximum absolute atomic E-state index is 11.4. The summed E-state index contributed by atoms with van der Waals surface area (Å²) in [7, 11) is 3.25. The standard InChI is InChI=1S/C18H26N2OS.C2H6O/c1-17(2,3)19-22-15-5-4-14(13-21)16(12-15)20-10-8-18(6-7-18)9-11-20;1-3-2/h4-5,12-13,19H,6-11H2,1-3H3;1-2H3. The third-order valence-electron chi connectivity index (χ3n) is 4.73. The minimum absolute atomic E-state index is 0.0671. The topological polar surface area (TPSA) is 41.6 Å². The number of rotatable bonds is 4. The second-order valence-corrected chi connectivity index (χ2v) is 9.07. The van der Waals surface area contributed by atoms with Crippen molar-refractivity contribution in [3.05, 3.63) is 23.8 Å². The minimum Gasteiger partial charge on any atom is -0.388 e. The lowest BCUT2D eigenvalue weighted by Crippen LogP contribution is -2.35. The van der Waals surface area contributed by atoms with Crippen molar-refractivity contribution in [2.45, 2.75) is 56.9 Å². The number of nitrogens with zero attached hydrogens (tertiary/aromatic N) is 1. The Balaban J connectivity index is 0.000000701. The molecule has 0 atom stereocenters. The molecule has 3 rings (SSSR count). The van der Waals surface area contributed by atoms with E-state index < -0.39 is 0 Å². The molecule has 140 valence electrons. The molecule has 1 spiro atoms. The van der Waals surface area contributed by atoms with Crippen LogP contribution < -0.4 is 9.62 Å². The molecule has 1 saturated carbocycles. The zero-order valence-electron chi connectivity index (χ0n) is 16.2. The number of ether oxygens (including phenoxy) is 1. The molecule has 2 aliphatic rings. The van der Waals surface area contributed by atoms with E-state index in [1.807, 2.05) is 12.1 Å². The summed E-state index contributed by atoms with van der Waals surface area (Å²) in [5.41, 5.74) is 2.65. The molecule has 0 radical (unpaired) electrons. The number of anilines is 1. The second kappa shape index (κ2) is 8.56. The van der Waals surface area contributed by atoms with E-state index in [1.165, 1.54) is 30.6 Å². The van der Waals surface area contributed by atoms with Gasteiger partial charge in [-0.25, -0.2) is 0 Å². The Morgan fingerprint density at radius 3 is 2.24 bits per heavy atom. The lowest BCUT2D eigenvalue weighted by atomic mass is 9.93. The lowest BCUT2D eigenvalue weighted by molar-refractivity contribution is 0.112. The quantitative estimate of drug-likeness (QED) is 0.628. The predicted octanol–water partition coefficient (Wildman–Crippen LogP) is 4.54. The number of carbonyl (C=O) groups is 1. The van der Waals surface area contributed by atoms with Gasteiger partial charge in [0.25, 0.3) is 0 Å². The van der Waals surface area contributed by atoms with Crippen molar-refractivity contribution < 1.29 is 9.53 Å². The summed E-state index contributed by atoms with van der Waals surface area (Å²) >= 11 is 1.64. The van der Waals surface area contributed by atoms with Gasteiger partial charge in [0.1, 0.15) is 0 Å². The van der Waals surface area contributed by atoms with Crippen LogP contribution in [0.2, 0.25) is 0 Å². The molecule has 5 heteroatoms. The van der Waals surface area contributed by atoms with Gasteiger partial charge in [0.05, 0.1) is 0 Å². The molecule has 1 heterocycles. The molecule has 1 aliphatic heterocycles. The van der Waals surface area contributed by atoms with Gasteiger partial charge in [-0.05, 0) is 82.0 Å². The average Bonchev–Trinajstić information content (AvgIpc) is 3.33. The first-order valence-electron chi connectivity index (χ1n) is 9.01. The van der Waals surface area contributed by atoms with Crippen LogP contribution in [-0.4, -0.2) is 39.1 Å². The maximum Gasteiger partial charge on any atom is 0.152 e. The van der Waals surface area contributed by atoms with Gasteiger partial charge in [0, 0.05) is 49.0 Å². The summed E-state index contributed by atoms with van der Waals surface area (Å²) < 4.78 is 7.69. The largest absolute Gasteiger partial charge is 0.388 e. The fourth-order valence-corrected chi connectivity index (χ4v) is 3.80. The highest BCUT2D eigenvalue weighted by Gasteiger charge is 2.44. The summed E-state index contributed by atoms with van der Waals surface area (Å²) in [6.45, 7) is 8.63. The number of aldehydes is 1. The normalized spacial score (nSPS) is 18.5. The fourth-order valence-electron chi connectivity index (χ4n) is 3.07. The maximum atomic E-state index is 11.4. The van der Waals surface area contributed by atoms with E-state index >= 15 is 0 Å². The summed E-state index contributed by atoms with van der Waals surface area (Å²) in [6.07, 6.45) is 6.37. The van der Waals surface area contributed by atoms with Crippen molar-refractivity contribution >= 4 is 23.9 Å². The zero-order valence-corrected chi connectivity index (χ0v) is 17.0. The number of hydrogen-bond donors (Lipinski definition) is 1. The highest BCUT2D eigenvalue weighted by Crippen LogP contribution is 2.54. The Labute approximate surface area is 156 Å². The van der Waals surface area contributed by atoms with Gasteiger partial charge in [-0.15, -0.1) is 0 Å². The molecular weight excluding hydrogens is 332 g/mol. The van der Waals surface area contributed by atoms with Crippen molar-refractivity contribution in [3.63, 3.8) is 0 Å². The monoisotopic (exact) mass is 364 g/mol. The fraction of sp³-hybridized carbons (Fsp3) is 0.650. The van der Waals surface area contributed by atoms with Crippen molar-refractivity contribution in [3.8, 4) is 0 Å². The first kappa shape index (κ1) is 20.3. The van der Waals surface area contributed by atoms with Crippen molar-refractivity contribution in [2.75, 3.05) is 32.2 Å². The lowest BCUT2D eigenvalue weighted by Gasteiger charge is -2.34. The molecule has 0 aromatic heterocycles. The third kappa shape index (κ3) is 6.01. The smallest absolute Gasteiger partial charge is 0.152 e. The first-order valence-corrected chi connectivity index (χ1v) is 9.82. The van der Waals surface area contributed by atoms with Crippen LogP contribution in [0.15, 0.2) is 23.1 Å². The molecule has 1 aliphatic carbocycles. The summed E-state index contributed by atoms with van der Waals surface area (Å²) in [4.78, 5) is 15.0. The van der Waals surface area contributed by atoms with Crippen LogP contribution in [0.1, 0.15) is 56.8 Å². The highest BCUT2D eigenvalue weighted by atomic mass is 32.2. The molecule has 1 saturated heterocycles. The number of methoxy groups -OCH3 is 1. The van der Waals surface area contributed by atoms with Crippen LogP contribution in [0.25, 0.3) is 0 Å². The molecule has 1 aromatic rings. The number of hydrogen-bond acceptors (Lipinski definition) is 5. The van der Waals surface area contributed by atoms with Gasteiger partial charge < -0.3 is 9.64 Å². The Morgan fingerprint density at radius 1 is 1.16 bits per heavy atom. The predicted molar refractivity (Wildman–Crippen MR) is 107 cm³/mol. The summed E-state index contributed by atoms with van der Waals surface area (Å²) in [5, 5.41) is 0. The molecule has 1 N–H and O–H groups in total. The molecule has 0 amide bonds. The number of nitrogens with one attached hydrogen (secondary N) is 1. The first-order chi connectivity index (χ1) is 11.8. The molecule has 4 nitrogen and oxygen atoms in total. The Bertz CT molecular complexity index is 570. The molecule has 0 unspecified atom stereocenters. The van der Waals surface area contributed by atoms with Crippen LogP contribution in [0.3, 0.4) is 0 Å². The average molecular weight is 365 g/mol. The van der Waals surface area contributed by atoms with E-state index in [0.29, 0.717) is 5.41 Å². The van der Waals surface area contributed by atoms with Gasteiger partial charge in [-0.2, -0.15) is 0 Å². The molecule has 1 aromatic carbocycles. The molecule has 0 bridgehead atoms. The van der Waals surface area contributed by atoms with Crippen molar-refractivity contribution in [2.24, 2.45) is 5.41 Å². The van der Waals surface area contributed by atoms with Crippen LogP contribution in [0.5, 0.6) is 0 Å². The van der Waals surface area contributed by atoms with E-state index in [1.54, 1.807) is 26.2 Å². The molecular formula is C20H32N2O2S. The van der Waals surface area contributed by atoms with E-state index in [0.717, 1.165) is 30.6 Å². The molecule has 25 heavy (non-hydrogen) atoms. The van der Waals surface area contributed by atoms with Crippen molar-refractivity contribution in [1.82, 2.24) is 4.72 Å². The molecule has 2 fully saturated rings. The Morgan fingerprint density at radius 2 is 1.76 bits per heavy atom. The minimum atomic E-state index is 0.0671. The van der Waals surface area contributed by atoms with Gasteiger partial charge >= 0.3 is 0 Å². The van der Waals surface area contributed by atoms with Gasteiger partial charge in [0.2, 0.25) is 0 Å². The number of carbonyl (C=O) groups excluding carboxylic acids is 1. The van der Waals surface area contributed by atoms with Crippen molar-refractivity contribution in [1.29, 1.82) is 0 Å². The Hall–Kier alpha value is -1.04. The summed E-state index contributed by atoms with van der Waals surface area (Å²) in [5.74, 6) is 0. The zero-order chi connectivity index (χ0) is 18.5. The van der Waals surface area contributed by atoms with E-state index in [-0.39, 0.29) is 5.54 Å². The van der Waals surface area contributed by atoms with Crippen LogP contribution in [-0.2, 0) is 4.74 Å². The van der Waals surface area contributed by atoms with Gasteiger partial charge in [-0.1, -0.05) is 0 Å². The van der Waals surface area contributed by atoms with E-state index in [4.69, 9.17) is 0 Å². The Kier molecular flexibility index (Phi) is 6.94. The third-order valence-corrected chi connectivity index (χ3v) is 5.93. The van der Waals surface area contributed by atoms with E-state index in [2.05, 4.69) is 41.2 Å². The summed E-state index contributed by atoms with van der Waals surface area (Å²) in [6, 6.07) is 6.15. The van der Waals surface area contributed by atoms with Gasteiger partial charge in [0.15, 0.2) is 6.29 Å². The number of benzene rings is 1. The highest BCUT2D eigenvalue weighted by molar-refractivity contribution is 7.97. The van der Waals surface area contributed by atoms with E-state index in [9.17, 15) is 4.79 Å². The van der Waals surface area contributed by atoms with Crippen LogP contribution in [0, 0.1) is 5.41 Å².